The van der Waals surface area contributed by atoms with Crippen molar-refractivity contribution in [1.82, 2.24) is 15.3 Å². The van der Waals surface area contributed by atoms with E-state index in [0.29, 0.717) is 42.3 Å². The average molecular weight is 442 g/mol. The standard InChI is InChI=1S/C24H35N5O3/c1-6-31-20-13-8-17(15-21(20)32-7-2)23(30)27-19-11-9-18(10-12-19)26-22-14-16(3)25-24(28-22)29(4)5/h8,13-15,18-19H,6-7,9-12H2,1-5H3,(H,27,30)(H,25,26,28)/t18-,19+. The van der Waals surface area contributed by atoms with Gasteiger partial charge in [-0.2, -0.15) is 4.98 Å². The lowest BCUT2D eigenvalue weighted by molar-refractivity contribution is 0.0926. The predicted octanol–water partition coefficient (Wildman–Crippen LogP) is 3.80. The van der Waals surface area contributed by atoms with Gasteiger partial charge in [-0.25, -0.2) is 4.98 Å². The topological polar surface area (TPSA) is 88.6 Å². The maximum Gasteiger partial charge on any atom is 0.251 e. The lowest BCUT2D eigenvalue weighted by Crippen LogP contribution is -2.40. The van der Waals surface area contributed by atoms with E-state index in [2.05, 4.69) is 20.6 Å². The first kappa shape index (κ1) is 23.6. The van der Waals surface area contributed by atoms with E-state index in [1.54, 1.807) is 18.2 Å². The normalized spacial score (nSPS) is 18.0. The highest BCUT2D eigenvalue weighted by molar-refractivity contribution is 5.95. The summed E-state index contributed by atoms with van der Waals surface area (Å²) in [6.07, 6.45) is 3.78. The first-order valence-electron chi connectivity index (χ1n) is 11.4. The number of nitrogens with zero attached hydrogens (tertiary/aromatic N) is 3. The molecule has 1 fully saturated rings. The Kier molecular flexibility index (Phi) is 8.14. The second kappa shape index (κ2) is 11.0. The van der Waals surface area contributed by atoms with Gasteiger partial charge in [0.2, 0.25) is 5.95 Å². The van der Waals surface area contributed by atoms with Crippen molar-refractivity contribution in [3.8, 4) is 11.5 Å². The summed E-state index contributed by atoms with van der Waals surface area (Å²) in [4.78, 5) is 23.7. The van der Waals surface area contributed by atoms with Crippen molar-refractivity contribution in [3.05, 3.63) is 35.5 Å². The first-order valence-corrected chi connectivity index (χ1v) is 11.4. The van der Waals surface area contributed by atoms with Crippen molar-refractivity contribution < 1.29 is 14.3 Å². The molecule has 8 heteroatoms. The number of hydrogen-bond acceptors (Lipinski definition) is 7. The number of anilines is 2. The van der Waals surface area contributed by atoms with Crippen LogP contribution in [0.2, 0.25) is 0 Å². The Morgan fingerprint density at radius 2 is 1.66 bits per heavy atom. The summed E-state index contributed by atoms with van der Waals surface area (Å²) in [7, 11) is 3.88. The van der Waals surface area contributed by atoms with Crippen LogP contribution in [0.5, 0.6) is 11.5 Å². The lowest BCUT2D eigenvalue weighted by Gasteiger charge is -2.30. The molecule has 2 N–H and O–H groups in total. The van der Waals surface area contributed by atoms with E-state index < -0.39 is 0 Å². The Morgan fingerprint density at radius 1 is 1.00 bits per heavy atom. The monoisotopic (exact) mass is 441 g/mol. The first-order chi connectivity index (χ1) is 15.4. The summed E-state index contributed by atoms with van der Waals surface area (Å²) < 4.78 is 11.2. The molecule has 174 valence electrons. The number of amides is 1. The third kappa shape index (κ3) is 6.24. The zero-order valence-corrected chi connectivity index (χ0v) is 19.8. The van der Waals surface area contributed by atoms with E-state index in [-0.39, 0.29) is 11.9 Å². The number of aryl methyl sites for hydroxylation is 1. The number of rotatable bonds is 9. The summed E-state index contributed by atoms with van der Waals surface area (Å²) in [6.45, 7) is 6.88. The Balaban J connectivity index is 1.55. The third-order valence-electron chi connectivity index (χ3n) is 5.46. The number of nitrogens with one attached hydrogen (secondary N) is 2. The minimum atomic E-state index is -0.0764. The lowest BCUT2D eigenvalue weighted by atomic mass is 9.91. The molecule has 0 spiro atoms. The molecule has 1 heterocycles. The van der Waals surface area contributed by atoms with Crippen LogP contribution >= 0.6 is 0 Å². The number of benzene rings is 1. The zero-order valence-electron chi connectivity index (χ0n) is 19.8. The molecule has 1 aromatic carbocycles. The van der Waals surface area contributed by atoms with Gasteiger partial charge in [0.25, 0.3) is 5.91 Å². The minimum Gasteiger partial charge on any atom is -0.490 e. The van der Waals surface area contributed by atoms with Crippen LogP contribution in [0.15, 0.2) is 24.3 Å². The van der Waals surface area contributed by atoms with Crippen LogP contribution in [0.3, 0.4) is 0 Å². The van der Waals surface area contributed by atoms with Gasteiger partial charge in [0.05, 0.1) is 13.2 Å². The molecule has 0 atom stereocenters. The van der Waals surface area contributed by atoms with Gasteiger partial charge in [-0.15, -0.1) is 0 Å². The van der Waals surface area contributed by atoms with Gasteiger partial charge in [0.1, 0.15) is 5.82 Å². The van der Waals surface area contributed by atoms with Crippen LogP contribution in [0, 0.1) is 6.92 Å². The maximum absolute atomic E-state index is 12.8. The van der Waals surface area contributed by atoms with E-state index in [1.165, 1.54) is 0 Å². The molecule has 0 unspecified atom stereocenters. The molecule has 1 aliphatic rings. The quantitative estimate of drug-likeness (QED) is 0.612. The van der Waals surface area contributed by atoms with E-state index in [4.69, 9.17) is 9.47 Å². The van der Waals surface area contributed by atoms with Crippen LogP contribution < -0.4 is 25.0 Å². The van der Waals surface area contributed by atoms with E-state index in [0.717, 1.165) is 37.2 Å². The number of ether oxygens (including phenoxy) is 2. The van der Waals surface area contributed by atoms with Crippen molar-refractivity contribution >= 4 is 17.7 Å². The molecule has 1 saturated carbocycles. The number of hydrogen-bond donors (Lipinski definition) is 2. The number of carbonyl (C=O) groups excluding carboxylic acids is 1. The van der Waals surface area contributed by atoms with Crippen molar-refractivity contribution in [3.63, 3.8) is 0 Å². The fourth-order valence-corrected chi connectivity index (χ4v) is 3.88. The summed E-state index contributed by atoms with van der Waals surface area (Å²) in [5.74, 6) is 2.75. The second-order valence-electron chi connectivity index (χ2n) is 8.28. The van der Waals surface area contributed by atoms with Crippen LogP contribution in [-0.4, -0.2) is 55.3 Å². The largest absolute Gasteiger partial charge is 0.490 e. The highest BCUT2D eigenvalue weighted by atomic mass is 16.5. The molecule has 1 aliphatic carbocycles. The Bertz CT molecular complexity index is 911. The average Bonchev–Trinajstić information content (AvgIpc) is 2.76. The van der Waals surface area contributed by atoms with Gasteiger partial charge in [-0.1, -0.05) is 0 Å². The van der Waals surface area contributed by atoms with Gasteiger partial charge in [0, 0.05) is 43.5 Å². The van der Waals surface area contributed by atoms with E-state index >= 15 is 0 Å². The highest BCUT2D eigenvalue weighted by Crippen LogP contribution is 2.29. The summed E-state index contributed by atoms with van der Waals surface area (Å²) in [5, 5.41) is 6.72. The van der Waals surface area contributed by atoms with Gasteiger partial charge in [-0.05, 0) is 64.7 Å². The molecule has 2 aromatic rings. The minimum absolute atomic E-state index is 0.0764. The molecule has 0 bridgehead atoms. The second-order valence-corrected chi connectivity index (χ2v) is 8.28. The van der Waals surface area contributed by atoms with E-state index in [9.17, 15) is 4.79 Å². The molecule has 0 saturated heterocycles. The molecule has 8 nitrogen and oxygen atoms in total. The fourth-order valence-electron chi connectivity index (χ4n) is 3.88. The van der Waals surface area contributed by atoms with Gasteiger partial charge in [0.15, 0.2) is 11.5 Å². The van der Waals surface area contributed by atoms with Gasteiger partial charge < -0.3 is 25.0 Å². The third-order valence-corrected chi connectivity index (χ3v) is 5.46. The number of aromatic nitrogens is 2. The Hall–Kier alpha value is -3.03. The van der Waals surface area contributed by atoms with Gasteiger partial charge >= 0.3 is 0 Å². The zero-order chi connectivity index (χ0) is 23.1. The van der Waals surface area contributed by atoms with E-state index in [1.807, 2.05) is 45.8 Å². The van der Waals surface area contributed by atoms with Gasteiger partial charge in [-0.3, -0.25) is 4.79 Å². The van der Waals surface area contributed by atoms with Crippen molar-refractivity contribution in [2.45, 2.75) is 58.5 Å². The molecule has 1 amide bonds. The highest BCUT2D eigenvalue weighted by Gasteiger charge is 2.24. The molecule has 32 heavy (non-hydrogen) atoms. The molecule has 3 rings (SSSR count). The summed E-state index contributed by atoms with van der Waals surface area (Å²) in [6, 6.07) is 7.82. The molecule has 0 radical (unpaired) electrons. The van der Waals surface area contributed by atoms with Crippen LogP contribution in [0.4, 0.5) is 11.8 Å². The van der Waals surface area contributed by atoms with Crippen molar-refractivity contribution in [2.24, 2.45) is 0 Å². The van der Waals surface area contributed by atoms with Crippen LogP contribution in [-0.2, 0) is 0 Å². The number of carbonyl (C=O) groups is 1. The maximum atomic E-state index is 12.8. The van der Waals surface area contributed by atoms with Crippen molar-refractivity contribution in [2.75, 3.05) is 37.5 Å². The molecule has 0 aliphatic heterocycles. The van der Waals surface area contributed by atoms with Crippen molar-refractivity contribution in [1.29, 1.82) is 0 Å². The molecule has 1 aromatic heterocycles. The summed E-state index contributed by atoms with van der Waals surface area (Å²) in [5.41, 5.74) is 1.53. The Labute approximate surface area is 190 Å². The molecular weight excluding hydrogens is 406 g/mol. The smallest absolute Gasteiger partial charge is 0.251 e. The Morgan fingerprint density at radius 3 is 2.31 bits per heavy atom. The molecular formula is C24H35N5O3. The fraction of sp³-hybridized carbons (Fsp3) is 0.542. The SMILES string of the molecule is CCOc1ccc(C(=O)N[C@H]2CC[C@@H](Nc3cc(C)nc(N(C)C)n3)CC2)cc1OCC. The van der Waals surface area contributed by atoms with Crippen LogP contribution in [0.1, 0.15) is 55.6 Å². The summed E-state index contributed by atoms with van der Waals surface area (Å²) >= 11 is 0. The predicted molar refractivity (Wildman–Crippen MR) is 127 cm³/mol. The van der Waals surface area contributed by atoms with Crippen LogP contribution in [0.25, 0.3) is 0 Å².